The summed E-state index contributed by atoms with van der Waals surface area (Å²) in [7, 11) is 0. The lowest BCUT2D eigenvalue weighted by atomic mass is 10.0. The molecule has 0 N–H and O–H groups in total. The molecule has 0 amide bonds. The van der Waals surface area contributed by atoms with Crippen molar-refractivity contribution in [2.45, 2.75) is 12.4 Å². The van der Waals surface area contributed by atoms with Gasteiger partial charge in [0.25, 0.3) is 0 Å². The van der Waals surface area contributed by atoms with Crippen molar-refractivity contribution in [2.24, 2.45) is 0 Å². The van der Waals surface area contributed by atoms with Crippen molar-refractivity contribution in [3.05, 3.63) is 47.2 Å². The first kappa shape index (κ1) is 15.1. The van der Waals surface area contributed by atoms with Gasteiger partial charge in [-0.05, 0) is 30.3 Å². The van der Waals surface area contributed by atoms with Crippen LogP contribution in [0.3, 0.4) is 0 Å². The Balaban J connectivity index is 2.66. The lowest BCUT2D eigenvalue weighted by Crippen LogP contribution is -2.10. The summed E-state index contributed by atoms with van der Waals surface area (Å²) in [4.78, 5) is 10.5. The molecule has 2 aromatic rings. The smallest absolute Gasteiger partial charge is 0.417 e. The second kappa shape index (κ2) is 4.94. The van der Waals surface area contributed by atoms with Crippen LogP contribution >= 0.6 is 0 Å². The molecule has 0 aliphatic rings. The highest BCUT2D eigenvalue weighted by atomic mass is 19.4. The minimum Gasteiger partial charge on any atom is -0.453 e. The van der Waals surface area contributed by atoms with Crippen molar-refractivity contribution in [2.75, 3.05) is 0 Å². The van der Waals surface area contributed by atoms with Crippen LogP contribution in [0, 0.1) is 0 Å². The van der Waals surface area contributed by atoms with Gasteiger partial charge in [0.15, 0.2) is 12.0 Å². The van der Waals surface area contributed by atoms with E-state index in [2.05, 4.69) is 0 Å². The maximum absolute atomic E-state index is 12.9. The third kappa shape index (κ3) is 3.09. The standard InChI is InChI=1S/C13H6F6O2/c14-12(15,16)7-1-3-10(13(17,18)19)9(5-7)11-4-2-8(6-20)21-11/h1-6H. The van der Waals surface area contributed by atoms with E-state index in [1.54, 1.807) is 0 Å². The highest BCUT2D eigenvalue weighted by Crippen LogP contribution is 2.40. The Morgan fingerprint density at radius 2 is 1.57 bits per heavy atom. The molecule has 0 saturated heterocycles. The third-order valence-electron chi connectivity index (χ3n) is 2.66. The molecular weight excluding hydrogens is 302 g/mol. The van der Waals surface area contributed by atoms with Crippen LogP contribution in [-0.4, -0.2) is 6.29 Å². The summed E-state index contributed by atoms with van der Waals surface area (Å²) in [6, 6.07) is 3.10. The molecule has 0 saturated carbocycles. The van der Waals surface area contributed by atoms with E-state index >= 15 is 0 Å². The van der Waals surface area contributed by atoms with Crippen molar-refractivity contribution >= 4 is 6.29 Å². The lowest BCUT2D eigenvalue weighted by Gasteiger charge is -2.14. The average Bonchev–Trinajstić information content (AvgIpc) is 2.84. The minimum atomic E-state index is -4.85. The Morgan fingerprint density at radius 3 is 2.05 bits per heavy atom. The summed E-state index contributed by atoms with van der Waals surface area (Å²) in [5.74, 6) is -0.744. The molecule has 0 fully saturated rings. The molecule has 0 unspecified atom stereocenters. The van der Waals surface area contributed by atoms with Gasteiger partial charge in [-0.15, -0.1) is 0 Å². The van der Waals surface area contributed by atoms with E-state index in [1.807, 2.05) is 0 Å². The Kier molecular flexibility index (Phi) is 3.56. The molecule has 21 heavy (non-hydrogen) atoms. The number of rotatable bonds is 2. The van der Waals surface area contributed by atoms with Crippen molar-refractivity contribution in [1.82, 2.24) is 0 Å². The lowest BCUT2D eigenvalue weighted by molar-refractivity contribution is -0.141. The van der Waals surface area contributed by atoms with E-state index in [9.17, 15) is 31.1 Å². The SMILES string of the molecule is O=Cc1ccc(-c2cc(C(F)(F)F)ccc2C(F)(F)F)o1. The van der Waals surface area contributed by atoms with Gasteiger partial charge in [0.2, 0.25) is 0 Å². The zero-order chi connectivity index (χ0) is 15.8. The van der Waals surface area contributed by atoms with Crippen LogP contribution in [0.15, 0.2) is 34.7 Å². The fourth-order valence-corrected chi connectivity index (χ4v) is 1.73. The summed E-state index contributed by atoms with van der Waals surface area (Å²) in [5.41, 5.74) is -3.29. The molecule has 2 rings (SSSR count). The molecular formula is C13H6F6O2. The zero-order valence-electron chi connectivity index (χ0n) is 10.0. The Hall–Kier alpha value is -2.25. The Labute approximate surface area is 114 Å². The summed E-state index contributed by atoms with van der Waals surface area (Å²) in [5, 5.41) is 0. The second-order valence-electron chi connectivity index (χ2n) is 4.08. The Morgan fingerprint density at radius 1 is 0.905 bits per heavy atom. The van der Waals surface area contributed by atoms with Gasteiger partial charge in [-0.1, -0.05) is 0 Å². The van der Waals surface area contributed by atoms with Crippen LogP contribution in [0.25, 0.3) is 11.3 Å². The summed E-state index contributed by atoms with van der Waals surface area (Å²) in [6.45, 7) is 0. The first-order chi connectivity index (χ1) is 9.63. The van der Waals surface area contributed by atoms with Crippen LogP contribution in [0.4, 0.5) is 26.3 Å². The highest BCUT2D eigenvalue weighted by Gasteiger charge is 2.37. The highest BCUT2D eigenvalue weighted by molar-refractivity contribution is 5.73. The minimum absolute atomic E-state index is 0.240. The van der Waals surface area contributed by atoms with E-state index in [-0.39, 0.29) is 12.0 Å². The second-order valence-corrected chi connectivity index (χ2v) is 4.08. The molecule has 1 aromatic carbocycles. The van der Waals surface area contributed by atoms with Gasteiger partial charge < -0.3 is 4.42 Å². The average molecular weight is 308 g/mol. The van der Waals surface area contributed by atoms with E-state index in [1.165, 1.54) is 0 Å². The van der Waals surface area contributed by atoms with Gasteiger partial charge in [-0.25, -0.2) is 0 Å². The zero-order valence-corrected chi connectivity index (χ0v) is 10.0. The number of carbonyl (C=O) groups is 1. The fraction of sp³-hybridized carbons (Fsp3) is 0.154. The predicted octanol–water partition coefficient (Wildman–Crippen LogP) is 4.80. The number of carbonyl (C=O) groups excluding carboxylic acids is 1. The van der Waals surface area contributed by atoms with Gasteiger partial charge in [-0.3, -0.25) is 4.79 Å². The number of furan rings is 1. The van der Waals surface area contributed by atoms with Crippen molar-refractivity contribution in [3.63, 3.8) is 0 Å². The molecule has 1 heterocycles. The molecule has 0 radical (unpaired) electrons. The van der Waals surface area contributed by atoms with Crippen LogP contribution in [0.1, 0.15) is 21.7 Å². The molecule has 1 aromatic heterocycles. The summed E-state index contributed by atoms with van der Waals surface area (Å²) < 4.78 is 81.2. The Bertz CT molecular complexity index is 666. The maximum Gasteiger partial charge on any atom is 0.417 e. The number of halogens is 6. The topological polar surface area (TPSA) is 30.2 Å². The van der Waals surface area contributed by atoms with Gasteiger partial charge in [0.1, 0.15) is 5.76 Å². The van der Waals surface area contributed by atoms with Gasteiger partial charge in [-0.2, -0.15) is 26.3 Å². The monoisotopic (exact) mass is 308 g/mol. The van der Waals surface area contributed by atoms with Crippen LogP contribution < -0.4 is 0 Å². The van der Waals surface area contributed by atoms with E-state index in [4.69, 9.17) is 4.42 Å². The molecule has 0 spiro atoms. The van der Waals surface area contributed by atoms with Crippen LogP contribution in [0.5, 0.6) is 0 Å². The predicted molar refractivity (Wildman–Crippen MR) is 59.5 cm³/mol. The number of hydrogen-bond acceptors (Lipinski definition) is 2. The van der Waals surface area contributed by atoms with Crippen molar-refractivity contribution in [1.29, 1.82) is 0 Å². The summed E-state index contributed by atoms with van der Waals surface area (Å²) >= 11 is 0. The van der Waals surface area contributed by atoms with Crippen LogP contribution in [-0.2, 0) is 12.4 Å². The molecule has 112 valence electrons. The maximum atomic E-state index is 12.9. The van der Waals surface area contributed by atoms with Crippen LogP contribution in [0.2, 0.25) is 0 Å². The first-order valence-corrected chi connectivity index (χ1v) is 5.47. The third-order valence-corrected chi connectivity index (χ3v) is 2.66. The van der Waals surface area contributed by atoms with E-state index < -0.39 is 34.8 Å². The number of hydrogen-bond donors (Lipinski definition) is 0. The molecule has 0 bridgehead atoms. The molecule has 8 heteroatoms. The van der Waals surface area contributed by atoms with Crippen molar-refractivity contribution in [3.8, 4) is 11.3 Å². The summed E-state index contributed by atoms with van der Waals surface area (Å²) in [6.07, 6.45) is -9.41. The largest absolute Gasteiger partial charge is 0.453 e. The molecule has 0 aliphatic heterocycles. The fourth-order valence-electron chi connectivity index (χ4n) is 1.73. The van der Waals surface area contributed by atoms with Crippen molar-refractivity contribution < 1.29 is 35.6 Å². The van der Waals surface area contributed by atoms with Gasteiger partial charge in [0.05, 0.1) is 11.1 Å². The number of benzene rings is 1. The van der Waals surface area contributed by atoms with Gasteiger partial charge >= 0.3 is 12.4 Å². The number of aldehydes is 1. The number of alkyl halides is 6. The van der Waals surface area contributed by atoms with E-state index in [0.29, 0.717) is 18.2 Å². The molecule has 0 atom stereocenters. The first-order valence-electron chi connectivity index (χ1n) is 5.47. The van der Waals surface area contributed by atoms with Gasteiger partial charge in [0, 0.05) is 5.56 Å². The quantitative estimate of drug-likeness (QED) is 0.589. The molecule has 2 nitrogen and oxygen atoms in total. The molecule has 0 aliphatic carbocycles. The van der Waals surface area contributed by atoms with E-state index in [0.717, 1.165) is 12.1 Å². The normalized spacial score (nSPS) is 12.5.